The molecule has 0 aliphatic heterocycles. The highest BCUT2D eigenvalue weighted by molar-refractivity contribution is 5.71. The Balaban J connectivity index is 4.37. The van der Waals surface area contributed by atoms with Gasteiger partial charge in [-0.1, -0.05) is 231 Å². The zero-order valence-corrected chi connectivity index (χ0v) is 44.2. The van der Waals surface area contributed by atoms with Gasteiger partial charge >= 0.3 is 17.9 Å². The number of unbranched alkanes of at least 4 members (excludes halogenated alkanes) is 36. The quantitative estimate of drug-likeness (QED) is 0.0262. The number of hydrogen-bond acceptors (Lipinski definition) is 6. The summed E-state index contributed by atoms with van der Waals surface area (Å²) in [7, 11) is 0. The number of hydrogen-bond donors (Lipinski definition) is 0. The zero-order chi connectivity index (χ0) is 47.9. The van der Waals surface area contributed by atoms with E-state index in [9.17, 15) is 14.4 Å². The molecule has 0 spiro atoms. The monoisotopic (exact) mass is 927 g/mol. The summed E-state index contributed by atoms with van der Waals surface area (Å²) < 4.78 is 16.9. The van der Waals surface area contributed by atoms with Gasteiger partial charge in [-0.3, -0.25) is 14.4 Å². The molecule has 0 aromatic rings. The van der Waals surface area contributed by atoms with Gasteiger partial charge in [0.2, 0.25) is 0 Å². The third-order valence-corrected chi connectivity index (χ3v) is 12.8. The standard InChI is InChI=1S/C60H110O6/c1-4-7-10-13-16-19-22-25-28-30-32-35-38-41-44-47-50-53-59(62)65-56-57(55-64-58(61)52-49-46-43-40-37-34-27-24-21-18-15-12-9-6-3)66-60(63)54-51-48-45-42-39-36-33-31-29-26-23-20-17-14-11-8-5-2/h24-29,57H,4-23,30-56H2,1-3H3/b27-24-,28-25-,29-26-/t57-/m1/s1. The predicted molar refractivity (Wildman–Crippen MR) is 284 cm³/mol. The molecule has 0 bridgehead atoms. The van der Waals surface area contributed by atoms with Crippen LogP contribution in [0.1, 0.15) is 310 Å². The van der Waals surface area contributed by atoms with Gasteiger partial charge < -0.3 is 14.2 Å². The lowest BCUT2D eigenvalue weighted by atomic mass is 10.1. The van der Waals surface area contributed by atoms with Crippen molar-refractivity contribution in [2.24, 2.45) is 0 Å². The van der Waals surface area contributed by atoms with Crippen LogP contribution < -0.4 is 0 Å². The van der Waals surface area contributed by atoms with Crippen LogP contribution in [0.2, 0.25) is 0 Å². The van der Waals surface area contributed by atoms with Crippen LogP contribution in [-0.2, 0) is 28.6 Å². The molecule has 0 amide bonds. The Kier molecular flexibility index (Phi) is 53.2. The van der Waals surface area contributed by atoms with E-state index >= 15 is 0 Å². The molecule has 0 aliphatic carbocycles. The maximum Gasteiger partial charge on any atom is 0.306 e. The summed E-state index contributed by atoms with van der Waals surface area (Å²) >= 11 is 0. The minimum Gasteiger partial charge on any atom is -0.462 e. The first-order valence-electron chi connectivity index (χ1n) is 29.0. The first-order valence-corrected chi connectivity index (χ1v) is 29.0. The van der Waals surface area contributed by atoms with Crippen molar-refractivity contribution in [3.8, 4) is 0 Å². The lowest BCUT2D eigenvalue weighted by Gasteiger charge is -2.18. The number of esters is 3. The Morgan fingerprint density at radius 1 is 0.288 bits per heavy atom. The zero-order valence-electron chi connectivity index (χ0n) is 44.2. The first-order chi connectivity index (χ1) is 32.5. The number of allylic oxidation sites excluding steroid dienone is 6. The molecule has 386 valence electrons. The summed E-state index contributed by atoms with van der Waals surface area (Å²) in [6.07, 6.45) is 65.6. The van der Waals surface area contributed by atoms with Crippen molar-refractivity contribution in [1.82, 2.24) is 0 Å². The van der Waals surface area contributed by atoms with Crippen LogP contribution in [-0.4, -0.2) is 37.2 Å². The summed E-state index contributed by atoms with van der Waals surface area (Å²) in [4.78, 5) is 38.1. The Morgan fingerprint density at radius 3 is 0.758 bits per heavy atom. The molecule has 6 nitrogen and oxygen atoms in total. The maximum atomic E-state index is 12.9. The molecule has 66 heavy (non-hydrogen) atoms. The molecule has 0 aliphatic rings. The third kappa shape index (κ3) is 52.6. The second kappa shape index (κ2) is 55.2. The van der Waals surface area contributed by atoms with Gasteiger partial charge in [-0.25, -0.2) is 0 Å². The second-order valence-electron chi connectivity index (χ2n) is 19.5. The largest absolute Gasteiger partial charge is 0.462 e. The van der Waals surface area contributed by atoms with Gasteiger partial charge in [-0.15, -0.1) is 0 Å². The SMILES string of the molecule is CCCCCCC/C=C\CCCCCCCC(=O)OC[C@H](COC(=O)CCCCCCCCC/C=C\CCCCCCCC)OC(=O)CCCCCCCCC/C=C\CCCCCCCC. The highest BCUT2D eigenvalue weighted by atomic mass is 16.6. The molecule has 0 saturated heterocycles. The fraction of sp³-hybridized carbons (Fsp3) is 0.850. The van der Waals surface area contributed by atoms with Crippen LogP contribution in [0.25, 0.3) is 0 Å². The molecule has 0 saturated carbocycles. The Morgan fingerprint density at radius 2 is 0.500 bits per heavy atom. The molecule has 0 heterocycles. The van der Waals surface area contributed by atoms with E-state index in [1.807, 2.05) is 0 Å². The summed E-state index contributed by atoms with van der Waals surface area (Å²) in [6, 6.07) is 0. The normalized spacial score (nSPS) is 12.2. The van der Waals surface area contributed by atoms with Crippen LogP contribution in [0.4, 0.5) is 0 Å². The third-order valence-electron chi connectivity index (χ3n) is 12.8. The minimum absolute atomic E-state index is 0.0766. The molecular weight excluding hydrogens is 817 g/mol. The average Bonchev–Trinajstić information content (AvgIpc) is 3.31. The maximum absolute atomic E-state index is 12.9. The van der Waals surface area contributed by atoms with Crippen molar-refractivity contribution < 1.29 is 28.6 Å². The van der Waals surface area contributed by atoms with Gasteiger partial charge in [-0.2, -0.15) is 0 Å². The van der Waals surface area contributed by atoms with Crippen molar-refractivity contribution in [1.29, 1.82) is 0 Å². The number of carbonyl (C=O) groups excluding carboxylic acids is 3. The van der Waals surface area contributed by atoms with E-state index in [1.54, 1.807) is 0 Å². The summed E-state index contributed by atoms with van der Waals surface area (Å²) in [5.74, 6) is -0.878. The molecule has 1 atom stereocenters. The topological polar surface area (TPSA) is 78.9 Å². The fourth-order valence-electron chi connectivity index (χ4n) is 8.43. The van der Waals surface area contributed by atoms with Crippen molar-refractivity contribution in [2.75, 3.05) is 13.2 Å². The van der Waals surface area contributed by atoms with E-state index in [0.29, 0.717) is 19.3 Å². The van der Waals surface area contributed by atoms with E-state index in [2.05, 4.69) is 57.2 Å². The van der Waals surface area contributed by atoms with Gasteiger partial charge in [0, 0.05) is 19.3 Å². The van der Waals surface area contributed by atoms with Gasteiger partial charge in [0.25, 0.3) is 0 Å². The number of rotatable bonds is 53. The van der Waals surface area contributed by atoms with Gasteiger partial charge in [0.1, 0.15) is 13.2 Å². The lowest BCUT2D eigenvalue weighted by molar-refractivity contribution is -0.167. The van der Waals surface area contributed by atoms with E-state index in [0.717, 1.165) is 64.2 Å². The van der Waals surface area contributed by atoms with Crippen LogP contribution in [0.5, 0.6) is 0 Å². The van der Waals surface area contributed by atoms with Crippen molar-refractivity contribution in [3.63, 3.8) is 0 Å². The smallest absolute Gasteiger partial charge is 0.306 e. The molecule has 0 aromatic carbocycles. The van der Waals surface area contributed by atoms with Gasteiger partial charge in [-0.05, 0) is 96.3 Å². The van der Waals surface area contributed by atoms with E-state index in [1.165, 1.54) is 205 Å². The summed E-state index contributed by atoms with van der Waals surface area (Å²) in [5.41, 5.74) is 0. The molecule has 0 N–H and O–H groups in total. The van der Waals surface area contributed by atoms with Crippen LogP contribution in [0.3, 0.4) is 0 Å². The molecule has 0 aromatic heterocycles. The molecular formula is C60H110O6. The van der Waals surface area contributed by atoms with E-state index < -0.39 is 6.10 Å². The molecule has 0 radical (unpaired) electrons. The van der Waals surface area contributed by atoms with Crippen LogP contribution in [0.15, 0.2) is 36.5 Å². The highest BCUT2D eigenvalue weighted by Crippen LogP contribution is 2.15. The molecule has 6 heteroatoms. The van der Waals surface area contributed by atoms with E-state index in [4.69, 9.17) is 14.2 Å². The van der Waals surface area contributed by atoms with Crippen molar-refractivity contribution in [3.05, 3.63) is 36.5 Å². The predicted octanol–water partition coefficient (Wildman–Crippen LogP) is 19.3. The summed E-state index contributed by atoms with van der Waals surface area (Å²) in [5, 5.41) is 0. The lowest BCUT2D eigenvalue weighted by Crippen LogP contribution is -2.30. The highest BCUT2D eigenvalue weighted by Gasteiger charge is 2.19. The Bertz CT molecular complexity index is 1110. The van der Waals surface area contributed by atoms with Crippen molar-refractivity contribution in [2.45, 2.75) is 316 Å². The Labute approximate surface area is 410 Å². The minimum atomic E-state index is -0.778. The average molecular weight is 928 g/mol. The van der Waals surface area contributed by atoms with Crippen LogP contribution >= 0.6 is 0 Å². The van der Waals surface area contributed by atoms with Crippen LogP contribution in [0, 0.1) is 0 Å². The first kappa shape index (κ1) is 63.6. The van der Waals surface area contributed by atoms with E-state index in [-0.39, 0.29) is 31.1 Å². The molecule has 0 rings (SSSR count). The fourth-order valence-corrected chi connectivity index (χ4v) is 8.43. The number of carbonyl (C=O) groups is 3. The number of ether oxygens (including phenoxy) is 3. The van der Waals surface area contributed by atoms with Gasteiger partial charge in [0.05, 0.1) is 0 Å². The summed E-state index contributed by atoms with van der Waals surface area (Å²) in [6.45, 7) is 6.64. The Hall–Kier alpha value is -2.37. The van der Waals surface area contributed by atoms with Crippen molar-refractivity contribution >= 4 is 17.9 Å². The molecule has 0 fully saturated rings. The second-order valence-corrected chi connectivity index (χ2v) is 19.5. The molecule has 0 unspecified atom stereocenters. The van der Waals surface area contributed by atoms with Gasteiger partial charge in [0.15, 0.2) is 6.10 Å².